The summed E-state index contributed by atoms with van der Waals surface area (Å²) >= 11 is 4.65. The average Bonchev–Trinajstić information content (AvgIpc) is 2.47. The van der Waals surface area contributed by atoms with Crippen LogP contribution < -0.4 is 0 Å². The molecule has 110 valence electrons. The van der Waals surface area contributed by atoms with Crippen LogP contribution in [0.3, 0.4) is 0 Å². The van der Waals surface area contributed by atoms with E-state index in [1.807, 2.05) is 36.4 Å². The molecule has 0 fully saturated rings. The van der Waals surface area contributed by atoms with Gasteiger partial charge in [-0.25, -0.2) is 4.79 Å². The number of hydrogen-bond donors (Lipinski definition) is 2. The second-order valence-electron chi connectivity index (χ2n) is 4.88. The number of aromatic carboxylic acids is 1. The second-order valence-corrected chi connectivity index (χ2v) is 6.78. The summed E-state index contributed by atoms with van der Waals surface area (Å²) in [6, 6.07) is 14.6. The van der Waals surface area contributed by atoms with Gasteiger partial charge in [-0.15, -0.1) is 11.8 Å². The number of aliphatic hydroxyl groups is 1. The van der Waals surface area contributed by atoms with Crippen LogP contribution in [0, 0.1) is 0 Å². The van der Waals surface area contributed by atoms with E-state index in [1.54, 1.807) is 19.1 Å². The van der Waals surface area contributed by atoms with E-state index in [4.69, 9.17) is 5.11 Å². The molecule has 0 saturated carbocycles. The molecule has 2 aromatic rings. The molecule has 1 unspecified atom stereocenters. The molecule has 2 N–H and O–H groups in total. The van der Waals surface area contributed by atoms with Crippen molar-refractivity contribution in [1.29, 1.82) is 0 Å². The van der Waals surface area contributed by atoms with Crippen LogP contribution in [-0.4, -0.2) is 21.9 Å². The number of rotatable bonds is 5. The van der Waals surface area contributed by atoms with Gasteiger partial charge in [-0.3, -0.25) is 0 Å². The Morgan fingerprint density at radius 1 is 1.24 bits per heavy atom. The Labute approximate surface area is 136 Å². The Balaban J connectivity index is 2.13. The molecule has 0 heterocycles. The lowest BCUT2D eigenvalue weighted by Crippen LogP contribution is -2.24. The van der Waals surface area contributed by atoms with Gasteiger partial charge in [0.25, 0.3) is 0 Å². The van der Waals surface area contributed by atoms with E-state index >= 15 is 0 Å². The van der Waals surface area contributed by atoms with E-state index in [0.29, 0.717) is 10.2 Å². The van der Waals surface area contributed by atoms with Gasteiger partial charge >= 0.3 is 5.97 Å². The van der Waals surface area contributed by atoms with Crippen molar-refractivity contribution in [1.82, 2.24) is 0 Å². The molecular weight excluding hydrogens is 352 g/mol. The highest BCUT2D eigenvalue weighted by Gasteiger charge is 2.23. The Morgan fingerprint density at radius 2 is 1.90 bits per heavy atom. The monoisotopic (exact) mass is 366 g/mol. The molecule has 0 amide bonds. The molecule has 2 aromatic carbocycles. The summed E-state index contributed by atoms with van der Waals surface area (Å²) in [7, 11) is 0. The van der Waals surface area contributed by atoms with Gasteiger partial charge in [-0.05, 0) is 46.6 Å². The van der Waals surface area contributed by atoms with Crippen molar-refractivity contribution in [3.8, 4) is 0 Å². The topological polar surface area (TPSA) is 57.5 Å². The van der Waals surface area contributed by atoms with Crippen molar-refractivity contribution in [3.05, 3.63) is 64.1 Å². The molecule has 1 atom stereocenters. The van der Waals surface area contributed by atoms with Gasteiger partial charge in [-0.2, -0.15) is 0 Å². The van der Waals surface area contributed by atoms with Crippen LogP contribution in [0.4, 0.5) is 0 Å². The van der Waals surface area contributed by atoms with Crippen LogP contribution in [0.5, 0.6) is 0 Å². The van der Waals surface area contributed by atoms with Crippen LogP contribution in [0.1, 0.15) is 22.8 Å². The van der Waals surface area contributed by atoms with Crippen molar-refractivity contribution >= 4 is 33.7 Å². The van der Waals surface area contributed by atoms with Gasteiger partial charge in [-0.1, -0.05) is 30.3 Å². The molecule has 5 heteroatoms. The zero-order valence-electron chi connectivity index (χ0n) is 11.4. The molecule has 3 nitrogen and oxygen atoms in total. The van der Waals surface area contributed by atoms with Gasteiger partial charge < -0.3 is 10.2 Å². The Hall–Kier alpha value is -1.30. The smallest absolute Gasteiger partial charge is 0.336 e. The first-order chi connectivity index (χ1) is 9.90. The van der Waals surface area contributed by atoms with Crippen LogP contribution in [0.25, 0.3) is 0 Å². The highest BCUT2D eigenvalue weighted by atomic mass is 79.9. The third-order valence-corrected chi connectivity index (χ3v) is 5.07. The molecule has 0 bridgehead atoms. The summed E-state index contributed by atoms with van der Waals surface area (Å²) in [5.74, 6) is -0.531. The van der Waals surface area contributed by atoms with Gasteiger partial charge in [0.05, 0.1) is 11.2 Å². The van der Waals surface area contributed by atoms with E-state index in [-0.39, 0.29) is 5.56 Å². The number of carboxylic acid groups (broad SMARTS) is 1. The molecule has 0 aliphatic heterocycles. The summed E-state index contributed by atoms with van der Waals surface area (Å²) in [5, 5.41) is 19.6. The van der Waals surface area contributed by atoms with Crippen LogP contribution >= 0.6 is 27.7 Å². The SMILES string of the molecule is CC(O)(CSc1ccc(Br)c(C(=O)O)c1)c1ccccc1. The Bertz CT molecular complexity index is 641. The number of carbonyl (C=O) groups is 1. The third-order valence-electron chi connectivity index (χ3n) is 3.08. The number of carboxylic acids is 1. The van der Waals surface area contributed by atoms with E-state index < -0.39 is 11.6 Å². The van der Waals surface area contributed by atoms with Crippen molar-refractivity contribution in [2.24, 2.45) is 0 Å². The second kappa shape index (κ2) is 6.64. The lowest BCUT2D eigenvalue weighted by molar-refractivity contribution is 0.0695. The maximum Gasteiger partial charge on any atom is 0.336 e. The summed E-state index contributed by atoms with van der Waals surface area (Å²) in [4.78, 5) is 11.9. The molecule has 21 heavy (non-hydrogen) atoms. The van der Waals surface area contributed by atoms with E-state index in [1.165, 1.54) is 11.8 Å². The van der Waals surface area contributed by atoms with Crippen LogP contribution in [0.2, 0.25) is 0 Å². The highest BCUT2D eigenvalue weighted by Crippen LogP contribution is 2.31. The molecule has 0 radical (unpaired) electrons. The maximum atomic E-state index is 11.1. The van der Waals surface area contributed by atoms with Crippen molar-refractivity contribution in [3.63, 3.8) is 0 Å². The molecule has 0 aliphatic carbocycles. The molecular formula is C16H15BrO3S. The number of benzene rings is 2. The van der Waals surface area contributed by atoms with E-state index in [2.05, 4.69) is 15.9 Å². The van der Waals surface area contributed by atoms with Gasteiger partial charge in [0.2, 0.25) is 0 Å². The number of halogens is 1. The first kappa shape index (κ1) is 16.1. The van der Waals surface area contributed by atoms with Crippen molar-refractivity contribution < 1.29 is 15.0 Å². The standard InChI is InChI=1S/C16H15BrO3S/c1-16(20,11-5-3-2-4-6-11)10-21-12-7-8-14(17)13(9-12)15(18)19/h2-9,20H,10H2,1H3,(H,18,19). The van der Waals surface area contributed by atoms with Gasteiger partial charge in [0.15, 0.2) is 0 Å². The lowest BCUT2D eigenvalue weighted by atomic mass is 9.99. The normalized spacial score (nSPS) is 13.7. The number of hydrogen-bond acceptors (Lipinski definition) is 3. The highest BCUT2D eigenvalue weighted by molar-refractivity contribution is 9.10. The minimum absolute atomic E-state index is 0.222. The molecule has 0 saturated heterocycles. The zero-order valence-corrected chi connectivity index (χ0v) is 13.8. The zero-order chi connectivity index (χ0) is 15.5. The fourth-order valence-corrected chi connectivity index (χ4v) is 3.26. The quantitative estimate of drug-likeness (QED) is 0.780. The predicted molar refractivity (Wildman–Crippen MR) is 87.8 cm³/mol. The predicted octanol–water partition coefficient (Wildman–Crippen LogP) is 4.15. The summed E-state index contributed by atoms with van der Waals surface area (Å²) < 4.78 is 0.550. The summed E-state index contributed by atoms with van der Waals surface area (Å²) in [6.45, 7) is 1.76. The average molecular weight is 367 g/mol. The van der Waals surface area contributed by atoms with Gasteiger partial charge in [0, 0.05) is 15.1 Å². The molecule has 2 rings (SSSR count). The van der Waals surface area contributed by atoms with Crippen LogP contribution in [0.15, 0.2) is 57.9 Å². The maximum absolute atomic E-state index is 11.1. The minimum atomic E-state index is -0.973. The summed E-state index contributed by atoms with van der Waals surface area (Å²) in [6.07, 6.45) is 0. The van der Waals surface area contributed by atoms with E-state index in [9.17, 15) is 9.90 Å². The minimum Gasteiger partial charge on any atom is -0.478 e. The molecule has 0 aliphatic rings. The first-order valence-electron chi connectivity index (χ1n) is 6.34. The van der Waals surface area contributed by atoms with E-state index in [0.717, 1.165) is 10.5 Å². The fraction of sp³-hybridized carbons (Fsp3) is 0.188. The Morgan fingerprint density at radius 3 is 2.52 bits per heavy atom. The number of thioether (sulfide) groups is 1. The lowest BCUT2D eigenvalue weighted by Gasteiger charge is -2.23. The fourth-order valence-electron chi connectivity index (χ4n) is 1.86. The largest absolute Gasteiger partial charge is 0.478 e. The first-order valence-corrected chi connectivity index (χ1v) is 8.11. The third kappa shape index (κ3) is 4.09. The molecule has 0 aromatic heterocycles. The van der Waals surface area contributed by atoms with Crippen molar-refractivity contribution in [2.45, 2.75) is 17.4 Å². The summed E-state index contributed by atoms with van der Waals surface area (Å²) in [5.41, 5.74) is 0.0926. The Kier molecular flexibility index (Phi) is 5.08. The molecule has 0 spiro atoms. The van der Waals surface area contributed by atoms with Gasteiger partial charge in [0.1, 0.15) is 0 Å². The van der Waals surface area contributed by atoms with Crippen molar-refractivity contribution in [2.75, 3.05) is 5.75 Å². The van der Waals surface area contributed by atoms with Crippen LogP contribution in [-0.2, 0) is 5.60 Å².